The van der Waals surface area contributed by atoms with Gasteiger partial charge in [0.25, 0.3) is 0 Å². The first-order valence-corrected chi connectivity index (χ1v) is 2.77. The van der Waals surface area contributed by atoms with Gasteiger partial charge in [-0.1, -0.05) is 0 Å². The molecular formula is C5H9N3O. The SMILES string of the molecule is Cc1nc([C@@H](C)O)n[nH]1. The van der Waals surface area contributed by atoms with Crippen molar-refractivity contribution in [1.82, 2.24) is 15.2 Å². The number of hydrogen-bond acceptors (Lipinski definition) is 3. The Hall–Kier alpha value is -0.900. The van der Waals surface area contributed by atoms with E-state index in [4.69, 9.17) is 5.11 Å². The lowest BCUT2D eigenvalue weighted by molar-refractivity contribution is 0.189. The van der Waals surface area contributed by atoms with Crippen LogP contribution >= 0.6 is 0 Å². The predicted octanol–water partition coefficient (Wildman–Crippen LogP) is 0.166. The first-order valence-electron chi connectivity index (χ1n) is 2.77. The highest BCUT2D eigenvalue weighted by molar-refractivity contribution is 4.89. The van der Waals surface area contributed by atoms with Gasteiger partial charge in [-0.3, -0.25) is 5.10 Å². The van der Waals surface area contributed by atoms with Crippen LogP contribution in [0.3, 0.4) is 0 Å². The molecule has 0 saturated carbocycles. The number of aryl methyl sites for hydroxylation is 1. The number of hydrogen-bond donors (Lipinski definition) is 2. The highest BCUT2D eigenvalue weighted by atomic mass is 16.3. The Kier molecular flexibility index (Phi) is 1.48. The molecule has 0 amide bonds. The Morgan fingerprint density at radius 2 is 2.33 bits per heavy atom. The second-order valence-electron chi connectivity index (χ2n) is 1.95. The van der Waals surface area contributed by atoms with Gasteiger partial charge in [-0.05, 0) is 13.8 Å². The molecule has 0 aromatic carbocycles. The summed E-state index contributed by atoms with van der Waals surface area (Å²) in [6.07, 6.45) is -0.574. The molecule has 4 nitrogen and oxygen atoms in total. The summed E-state index contributed by atoms with van der Waals surface area (Å²) in [5.74, 6) is 1.18. The van der Waals surface area contributed by atoms with Crippen molar-refractivity contribution in [3.63, 3.8) is 0 Å². The minimum absolute atomic E-state index is 0.451. The smallest absolute Gasteiger partial charge is 0.178 e. The molecule has 1 atom stereocenters. The monoisotopic (exact) mass is 127 g/mol. The van der Waals surface area contributed by atoms with Gasteiger partial charge in [-0.25, -0.2) is 4.98 Å². The van der Waals surface area contributed by atoms with Gasteiger partial charge in [0.05, 0.1) is 0 Å². The molecule has 9 heavy (non-hydrogen) atoms. The first-order chi connectivity index (χ1) is 4.20. The lowest BCUT2D eigenvalue weighted by Crippen LogP contribution is -1.92. The fourth-order valence-electron chi connectivity index (χ4n) is 0.547. The van der Waals surface area contributed by atoms with Crippen LogP contribution in [0.25, 0.3) is 0 Å². The second kappa shape index (κ2) is 2.14. The van der Waals surface area contributed by atoms with Gasteiger partial charge in [0, 0.05) is 0 Å². The highest BCUT2D eigenvalue weighted by Gasteiger charge is 2.04. The average molecular weight is 127 g/mol. The van der Waals surface area contributed by atoms with Crippen molar-refractivity contribution in [2.75, 3.05) is 0 Å². The fraction of sp³-hybridized carbons (Fsp3) is 0.600. The standard InChI is InChI=1S/C5H9N3O/c1-3(9)5-6-4(2)7-8-5/h3,9H,1-2H3,(H,6,7,8)/t3-/m1/s1. The number of nitrogens with one attached hydrogen (secondary N) is 1. The molecule has 0 saturated heterocycles. The molecule has 2 N–H and O–H groups in total. The third-order valence-corrected chi connectivity index (χ3v) is 0.988. The molecule has 0 radical (unpaired) electrons. The molecule has 50 valence electrons. The van der Waals surface area contributed by atoms with E-state index in [9.17, 15) is 0 Å². The van der Waals surface area contributed by atoms with E-state index in [-0.39, 0.29) is 0 Å². The molecule has 0 spiro atoms. The van der Waals surface area contributed by atoms with Gasteiger partial charge >= 0.3 is 0 Å². The van der Waals surface area contributed by atoms with Crippen LogP contribution in [0.1, 0.15) is 24.7 Å². The quantitative estimate of drug-likeness (QED) is 0.565. The molecule has 0 aliphatic heterocycles. The van der Waals surface area contributed by atoms with E-state index >= 15 is 0 Å². The van der Waals surface area contributed by atoms with Crippen molar-refractivity contribution in [2.24, 2.45) is 0 Å². The van der Waals surface area contributed by atoms with Crippen LogP contribution in [-0.4, -0.2) is 20.3 Å². The molecule has 1 heterocycles. The number of aliphatic hydroxyl groups excluding tert-OH is 1. The molecule has 0 bridgehead atoms. The Morgan fingerprint density at radius 3 is 2.56 bits per heavy atom. The van der Waals surface area contributed by atoms with Gasteiger partial charge in [-0.15, -0.1) is 0 Å². The number of rotatable bonds is 1. The van der Waals surface area contributed by atoms with Crippen molar-refractivity contribution in [1.29, 1.82) is 0 Å². The third-order valence-electron chi connectivity index (χ3n) is 0.988. The first kappa shape index (κ1) is 6.22. The highest BCUT2D eigenvalue weighted by Crippen LogP contribution is 2.02. The Balaban J connectivity index is 2.85. The topological polar surface area (TPSA) is 61.8 Å². The molecule has 0 aliphatic carbocycles. The van der Waals surface area contributed by atoms with Crippen molar-refractivity contribution < 1.29 is 5.11 Å². The number of aliphatic hydroxyl groups is 1. The summed E-state index contributed by atoms with van der Waals surface area (Å²) in [6, 6.07) is 0. The fourth-order valence-corrected chi connectivity index (χ4v) is 0.547. The van der Waals surface area contributed by atoms with Crippen LogP contribution in [0.5, 0.6) is 0 Å². The van der Waals surface area contributed by atoms with Gasteiger partial charge < -0.3 is 5.11 Å². The van der Waals surface area contributed by atoms with E-state index in [1.54, 1.807) is 13.8 Å². The van der Waals surface area contributed by atoms with Crippen molar-refractivity contribution in [2.45, 2.75) is 20.0 Å². The summed E-state index contributed by atoms with van der Waals surface area (Å²) in [6.45, 7) is 3.42. The molecule has 1 aromatic heterocycles. The predicted molar refractivity (Wildman–Crippen MR) is 31.8 cm³/mol. The van der Waals surface area contributed by atoms with E-state index in [0.717, 1.165) is 5.82 Å². The molecule has 1 aromatic rings. The third kappa shape index (κ3) is 1.26. The van der Waals surface area contributed by atoms with Crippen LogP contribution in [-0.2, 0) is 0 Å². The summed E-state index contributed by atoms with van der Waals surface area (Å²) in [7, 11) is 0. The second-order valence-corrected chi connectivity index (χ2v) is 1.95. The van der Waals surface area contributed by atoms with Crippen molar-refractivity contribution >= 4 is 0 Å². The zero-order valence-electron chi connectivity index (χ0n) is 5.42. The zero-order chi connectivity index (χ0) is 6.85. The number of H-pyrrole nitrogens is 1. The van der Waals surface area contributed by atoms with E-state index in [1.807, 2.05) is 0 Å². The van der Waals surface area contributed by atoms with Crippen LogP contribution < -0.4 is 0 Å². The Labute approximate surface area is 52.9 Å². The van der Waals surface area contributed by atoms with Gasteiger partial charge in [0.15, 0.2) is 5.82 Å². The molecule has 4 heteroatoms. The summed E-state index contributed by atoms with van der Waals surface area (Å²) in [4.78, 5) is 3.89. The molecule has 1 rings (SSSR count). The summed E-state index contributed by atoms with van der Waals surface area (Å²) < 4.78 is 0. The lowest BCUT2D eigenvalue weighted by atomic mass is 10.4. The Morgan fingerprint density at radius 1 is 1.67 bits per heavy atom. The molecule has 0 aliphatic rings. The number of nitrogens with zero attached hydrogens (tertiary/aromatic N) is 2. The lowest BCUT2D eigenvalue weighted by Gasteiger charge is -1.92. The van der Waals surface area contributed by atoms with E-state index < -0.39 is 6.10 Å². The van der Waals surface area contributed by atoms with E-state index in [0.29, 0.717) is 5.82 Å². The normalized spacial score (nSPS) is 13.7. The maximum absolute atomic E-state index is 8.89. The molecular weight excluding hydrogens is 118 g/mol. The van der Waals surface area contributed by atoms with E-state index in [2.05, 4.69) is 15.2 Å². The summed E-state index contributed by atoms with van der Waals surface area (Å²) >= 11 is 0. The summed E-state index contributed by atoms with van der Waals surface area (Å²) in [5.41, 5.74) is 0. The van der Waals surface area contributed by atoms with Gasteiger partial charge in [0.1, 0.15) is 11.9 Å². The average Bonchev–Trinajstić information content (AvgIpc) is 2.14. The minimum atomic E-state index is -0.574. The van der Waals surface area contributed by atoms with Crippen LogP contribution in [0.2, 0.25) is 0 Å². The number of aromatic amines is 1. The maximum Gasteiger partial charge on any atom is 0.178 e. The van der Waals surface area contributed by atoms with E-state index in [1.165, 1.54) is 0 Å². The van der Waals surface area contributed by atoms with Crippen LogP contribution in [0, 0.1) is 6.92 Å². The largest absolute Gasteiger partial charge is 0.385 e. The number of aromatic nitrogens is 3. The zero-order valence-corrected chi connectivity index (χ0v) is 5.42. The van der Waals surface area contributed by atoms with Gasteiger partial charge in [0.2, 0.25) is 0 Å². The molecule has 0 fully saturated rings. The maximum atomic E-state index is 8.89. The van der Waals surface area contributed by atoms with Crippen molar-refractivity contribution in [3.8, 4) is 0 Å². The van der Waals surface area contributed by atoms with Crippen molar-refractivity contribution in [3.05, 3.63) is 11.6 Å². The van der Waals surface area contributed by atoms with Crippen LogP contribution in [0.15, 0.2) is 0 Å². The van der Waals surface area contributed by atoms with Crippen LogP contribution in [0.4, 0.5) is 0 Å². The van der Waals surface area contributed by atoms with Gasteiger partial charge in [-0.2, -0.15) is 5.10 Å². The molecule has 0 unspecified atom stereocenters. The minimum Gasteiger partial charge on any atom is -0.385 e. The Bertz CT molecular complexity index is 194. The summed E-state index contributed by atoms with van der Waals surface area (Å²) in [5, 5.41) is 15.3.